The van der Waals surface area contributed by atoms with E-state index in [9.17, 15) is 14.7 Å². The number of para-hydroxylation sites is 1. The van der Waals surface area contributed by atoms with Gasteiger partial charge >= 0.3 is 0 Å². The Hall–Kier alpha value is -3.80. The van der Waals surface area contributed by atoms with Gasteiger partial charge in [0.15, 0.2) is 11.5 Å². The molecule has 0 saturated carbocycles. The van der Waals surface area contributed by atoms with Crippen LogP contribution in [0.25, 0.3) is 11.1 Å². The molecule has 30 heavy (non-hydrogen) atoms. The summed E-state index contributed by atoms with van der Waals surface area (Å²) in [6, 6.07) is 15.8. The van der Waals surface area contributed by atoms with Gasteiger partial charge in [-0.25, -0.2) is 4.90 Å². The number of anilines is 1. The van der Waals surface area contributed by atoms with E-state index in [1.807, 2.05) is 26.0 Å². The van der Waals surface area contributed by atoms with Crippen LogP contribution < -0.4 is 14.4 Å². The van der Waals surface area contributed by atoms with Crippen LogP contribution in [0.1, 0.15) is 40.1 Å². The van der Waals surface area contributed by atoms with Crippen molar-refractivity contribution >= 4 is 17.5 Å². The van der Waals surface area contributed by atoms with Gasteiger partial charge in [0, 0.05) is 11.1 Å². The van der Waals surface area contributed by atoms with Crippen LogP contribution in [0.2, 0.25) is 0 Å². The van der Waals surface area contributed by atoms with E-state index in [2.05, 4.69) is 0 Å². The minimum atomic E-state index is -0.958. The Kier molecular flexibility index (Phi) is 3.71. The summed E-state index contributed by atoms with van der Waals surface area (Å²) in [5.74, 6) is -0.235. The Bertz CT molecular complexity index is 1230. The molecule has 2 amide bonds. The summed E-state index contributed by atoms with van der Waals surface area (Å²) in [5, 5.41) is 10.6. The van der Waals surface area contributed by atoms with Crippen molar-refractivity contribution in [2.24, 2.45) is 0 Å². The monoisotopic (exact) mass is 401 g/mol. The molecule has 150 valence electrons. The standard InChI is InChI=1S/C24H19NO5/c1-24(2)19-14(15-11-12-17(29-3)20(26)21(15)30-24)9-10-16-18(19)23(28)25(22(16)27)13-7-5-4-6-8-13/h4-12,26H,1-3H3. The summed E-state index contributed by atoms with van der Waals surface area (Å²) < 4.78 is 11.4. The molecule has 3 aromatic carbocycles. The van der Waals surface area contributed by atoms with Gasteiger partial charge in [-0.05, 0) is 49.7 Å². The summed E-state index contributed by atoms with van der Waals surface area (Å²) in [6.45, 7) is 3.63. The predicted octanol–water partition coefficient (Wildman–Crippen LogP) is 4.50. The SMILES string of the molecule is COc1ccc2c(c1O)OC(C)(C)c1c-2ccc2c1C(=O)N(c1ccccc1)C2=O. The van der Waals surface area contributed by atoms with Crippen LogP contribution >= 0.6 is 0 Å². The molecule has 0 atom stereocenters. The van der Waals surface area contributed by atoms with Crippen LogP contribution in [0.4, 0.5) is 5.69 Å². The van der Waals surface area contributed by atoms with Gasteiger partial charge in [0.05, 0.1) is 23.9 Å². The highest BCUT2D eigenvalue weighted by Crippen LogP contribution is 2.53. The fourth-order valence-electron chi connectivity index (χ4n) is 4.33. The van der Waals surface area contributed by atoms with E-state index >= 15 is 0 Å². The molecule has 0 fully saturated rings. The van der Waals surface area contributed by atoms with E-state index in [-0.39, 0.29) is 17.6 Å². The van der Waals surface area contributed by atoms with Crippen LogP contribution in [0.5, 0.6) is 17.2 Å². The van der Waals surface area contributed by atoms with Gasteiger partial charge in [-0.3, -0.25) is 9.59 Å². The topological polar surface area (TPSA) is 76.1 Å². The highest BCUT2D eigenvalue weighted by Gasteiger charge is 2.46. The molecule has 6 nitrogen and oxygen atoms in total. The van der Waals surface area contributed by atoms with Crippen molar-refractivity contribution in [2.75, 3.05) is 12.0 Å². The zero-order valence-electron chi connectivity index (χ0n) is 16.7. The number of carbonyl (C=O) groups excluding carboxylic acids is 2. The molecule has 0 aliphatic carbocycles. The van der Waals surface area contributed by atoms with E-state index in [1.54, 1.807) is 42.5 Å². The van der Waals surface area contributed by atoms with Crippen LogP contribution in [0, 0.1) is 0 Å². The fourth-order valence-corrected chi connectivity index (χ4v) is 4.33. The van der Waals surface area contributed by atoms with Crippen LogP contribution in [0.15, 0.2) is 54.6 Å². The highest BCUT2D eigenvalue weighted by atomic mass is 16.5. The molecule has 0 saturated heterocycles. The molecule has 0 unspecified atom stereocenters. The Labute approximate surface area is 173 Å². The number of aromatic hydroxyl groups is 1. The van der Waals surface area contributed by atoms with Gasteiger partial charge in [0.25, 0.3) is 11.8 Å². The number of methoxy groups -OCH3 is 1. The lowest BCUT2D eigenvalue weighted by molar-refractivity contribution is 0.0897. The molecule has 1 N–H and O–H groups in total. The summed E-state index contributed by atoms with van der Waals surface area (Å²) in [6.07, 6.45) is 0. The molecular formula is C24H19NO5. The molecular weight excluding hydrogens is 382 g/mol. The van der Waals surface area contributed by atoms with Gasteiger partial charge in [-0.2, -0.15) is 0 Å². The third kappa shape index (κ3) is 2.30. The number of carbonyl (C=O) groups is 2. The minimum Gasteiger partial charge on any atom is -0.502 e. The number of amides is 2. The lowest BCUT2D eigenvalue weighted by Crippen LogP contribution is -2.33. The summed E-state index contributed by atoms with van der Waals surface area (Å²) >= 11 is 0. The predicted molar refractivity (Wildman–Crippen MR) is 111 cm³/mol. The Morgan fingerprint density at radius 2 is 1.57 bits per heavy atom. The zero-order valence-corrected chi connectivity index (χ0v) is 16.7. The van der Waals surface area contributed by atoms with Crippen LogP contribution in [-0.2, 0) is 5.60 Å². The number of benzene rings is 3. The lowest BCUT2D eigenvalue weighted by Gasteiger charge is -2.36. The molecule has 2 aliphatic heterocycles. The molecule has 6 heteroatoms. The number of imide groups is 1. The van der Waals surface area contributed by atoms with Crippen molar-refractivity contribution in [1.29, 1.82) is 0 Å². The maximum atomic E-state index is 13.4. The number of phenolic OH excluding ortho intramolecular Hbond substituents is 1. The fraction of sp³-hybridized carbons (Fsp3) is 0.167. The number of hydrogen-bond acceptors (Lipinski definition) is 5. The normalized spacial score (nSPS) is 15.9. The van der Waals surface area contributed by atoms with Crippen molar-refractivity contribution < 1.29 is 24.2 Å². The lowest BCUT2D eigenvalue weighted by atomic mass is 9.81. The summed E-state index contributed by atoms with van der Waals surface area (Å²) in [5.41, 5.74) is 2.27. The van der Waals surface area contributed by atoms with Crippen molar-refractivity contribution in [3.8, 4) is 28.4 Å². The average Bonchev–Trinajstić information content (AvgIpc) is 2.99. The van der Waals surface area contributed by atoms with Gasteiger partial charge in [-0.1, -0.05) is 24.3 Å². The largest absolute Gasteiger partial charge is 0.502 e. The smallest absolute Gasteiger partial charge is 0.266 e. The molecule has 0 bridgehead atoms. The number of ether oxygens (including phenoxy) is 2. The first-order chi connectivity index (χ1) is 14.3. The Balaban J connectivity index is 1.76. The molecule has 0 radical (unpaired) electrons. The Morgan fingerprint density at radius 1 is 0.900 bits per heavy atom. The van der Waals surface area contributed by atoms with Crippen LogP contribution in [0.3, 0.4) is 0 Å². The highest BCUT2D eigenvalue weighted by molar-refractivity contribution is 6.35. The van der Waals surface area contributed by atoms with Crippen molar-refractivity contribution in [3.05, 3.63) is 71.3 Å². The number of phenols is 1. The van der Waals surface area contributed by atoms with Gasteiger partial charge in [0.1, 0.15) is 5.60 Å². The molecule has 0 spiro atoms. The number of fused-ring (bicyclic) bond motifs is 5. The summed E-state index contributed by atoms with van der Waals surface area (Å²) in [4.78, 5) is 27.7. The van der Waals surface area contributed by atoms with Gasteiger partial charge in [-0.15, -0.1) is 0 Å². The van der Waals surface area contributed by atoms with Crippen molar-refractivity contribution in [3.63, 3.8) is 0 Å². The third-order valence-electron chi connectivity index (χ3n) is 5.63. The molecule has 2 aliphatic rings. The van der Waals surface area contributed by atoms with E-state index in [0.29, 0.717) is 39.4 Å². The molecule has 3 aromatic rings. The second-order valence-corrected chi connectivity index (χ2v) is 7.80. The second-order valence-electron chi connectivity index (χ2n) is 7.80. The first-order valence-corrected chi connectivity index (χ1v) is 9.56. The minimum absolute atomic E-state index is 0.0949. The quantitative estimate of drug-likeness (QED) is 0.640. The number of nitrogens with zero attached hydrogens (tertiary/aromatic N) is 1. The number of hydrogen-bond donors (Lipinski definition) is 1. The van der Waals surface area contributed by atoms with E-state index in [1.165, 1.54) is 12.0 Å². The first-order valence-electron chi connectivity index (χ1n) is 9.56. The zero-order chi connectivity index (χ0) is 21.2. The summed E-state index contributed by atoms with van der Waals surface area (Å²) in [7, 11) is 1.47. The van der Waals surface area contributed by atoms with Crippen molar-refractivity contribution in [1.82, 2.24) is 0 Å². The van der Waals surface area contributed by atoms with Crippen LogP contribution in [-0.4, -0.2) is 24.0 Å². The van der Waals surface area contributed by atoms with E-state index in [4.69, 9.17) is 9.47 Å². The number of rotatable bonds is 2. The van der Waals surface area contributed by atoms with Crippen molar-refractivity contribution in [2.45, 2.75) is 19.4 Å². The van der Waals surface area contributed by atoms with Gasteiger partial charge in [0.2, 0.25) is 5.75 Å². The molecule has 0 aromatic heterocycles. The maximum Gasteiger partial charge on any atom is 0.266 e. The molecule has 5 rings (SSSR count). The van der Waals surface area contributed by atoms with E-state index < -0.39 is 5.60 Å². The average molecular weight is 401 g/mol. The third-order valence-corrected chi connectivity index (χ3v) is 5.63. The second kappa shape index (κ2) is 6.10. The Morgan fingerprint density at radius 3 is 2.27 bits per heavy atom. The maximum absolute atomic E-state index is 13.4. The van der Waals surface area contributed by atoms with Gasteiger partial charge < -0.3 is 14.6 Å². The first kappa shape index (κ1) is 18.2. The van der Waals surface area contributed by atoms with E-state index in [0.717, 1.165) is 5.56 Å². The molecule has 2 heterocycles.